The van der Waals surface area contributed by atoms with Gasteiger partial charge >= 0.3 is 6.18 Å². The summed E-state index contributed by atoms with van der Waals surface area (Å²) in [6, 6.07) is -0.260. The maximum absolute atomic E-state index is 12.2. The lowest BCUT2D eigenvalue weighted by Gasteiger charge is -2.19. The summed E-state index contributed by atoms with van der Waals surface area (Å²) >= 11 is 0. The molecule has 0 aliphatic carbocycles. The van der Waals surface area contributed by atoms with E-state index in [1.54, 1.807) is 6.92 Å². The first-order valence-electron chi connectivity index (χ1n) is 5.58. The minimum absolute atomic E-state index is 0.181. The number of amides is 2. The molecule has 1 fully saturated rings. The molecular formula is C10H16F3N3O2. The number of nitrogens with one attached hydrogen (secondary N) is 1. The van der Waals surface area contributed by atoms with E-state index >= 15 is 0 Å². The van der Waals surface area contributed by atoms with Crippen LogP contribution in [0, 0.1) is 5.92 Å². The van der Waals surface area contributed by atoms with E-state index in [9.17, 15) is 22.8 Å². The van der Waals surface area contributed by atoms with Crippen molar-refractivity contribution in [2.24, 2.45) is 11.7 Å². The zero-order valence-electron chi connectivity index (χ0n) is 9.96. The number of nitrogens with zero attached hydrogens (tertiary/aromatic N) is 1. The highest BCUT2D eigenvalue weighted by atomic mass is 19.4. The molecule has 1 heterocycles. The Hall–Kier alpha value is -1.31. The summed E-state index contributed by atoms with van der Waals surface area (Å²) in [6.07, 6.45) is -4.62. The minimum Gasteiger partial charge on any atom is -0.352 e. The van der Waals surface area contributed by atoms with Crippen LogP contribution in [0.3, 0.4) is 0 Å². The van der Waals surface area contributed by atoms with E-state index in [4.69, 9.17) is 5.73 Å². The predicted molar refractivity (Wildman–Crippen MR) is 57.4 cm³/mol. The molecule has 0 saturated carbocycles. The van der Waals surface area contributed by atoms with Crippen LogP contribution in [0.1, 0.15) is 13.3 Å². The molecule has 0 aromatic rings. The second kappa shape index (κ2) is 5.55. The molecule has 1 aliphatic heterocycles. The van der Waals surface area contributed by atoms with Crippen LogP contribution < -0.4 is 11.1 Å². The van der Waals surface area contributed by atoms with E-state index in [1.165, 1.54) is 0 Å². The molecule has 8 heteroatoms. The van der Waals surface area contributed by atoms with Crippen LogP contribution in [-0.4, -0.2) is 48.6 Å². The van der Waals surface area contributed by atoms with Crippen LogP contribution in [0.2, 0.25) is 0 Å². The fourth-order valence-electron chi connectivity index (χ4n) is 1.74. The van der Waals surface area contributed by atoms with Gasteiger partial charge in [0.2, 0.25) is 11.8 Å². The molecule has 1 unspecified atom stereocenters. The maximum Gasteiger partial charge on any atom is 0.406 e. The second-order valence-corrected chi connectivity index (χ2v) is 4.44. The van der Waals surface area contributed by atoms with Gasteiger partial charge in [0.05, 0.1) is 5.92 Å². The molecule has 18 heavy (non-hydrogen) atoms. The van der Waals surface area contributed by atoms with Crippen LogP contribution in [0.4, 0.5) is 13.2 Å². The predicted octanol–water partition coefficient (Wildman–Crippen LogP) is -0.139. The standard InChI is InChI=1S/C10H16F3N3O2/c1-6(3-14)15-9(18)7-2-8(17)16(4-7)5-10(11,12)13/h6-7H,2-5,14H2,1H3,(H,15,18)/t6-,7?/m0/s1. The number of carbonyl (C=O) groups is 2. The van der Waals surface area contributed by atoms with Crippen molar-refractivity contribution in [1.29, 1.82) is 0 Å². The topological polar surface area (TPSA) is 75.4 Å². The summed E-state index contributed by atoms with van der Waals surface area (Å²) in [4.78, 5) is 23.7. The first-order chi connectivity index (χ1) is 8.23. The fraction of sp³-hybridized carbons (Fsp3) is 0.800. The van der Waals surface area contributed by atoms with Crippen LogP contribution in [0.25, 0.3) is 0 Å². The van der Waals surface area contributed by atoms with Crippen molar-refractivity contribution in [3.63, 3.8) is 0 Å². The van der Waals surface area contributed by atoms with Crippen molar-refractivity contribution < 1.29 is 22.8 Å². The third-order valence-corrected chi connectivity index (χ3v) is 2.70. The fourth-order valence-corrected chi connectivity index (χ4v) is 1.74. The quantitative estimate of drug-likeness (QED) is 0.744. The molecule has 2 amide bonds. The van der Waals surface area contributed by atoms with Gasteiger partial charge in [-0.15, -0.1) is 0 Å². The van der Waals surface area contributed by atoms with E-state index in [2.05, 4.69) is 5.32 Å². The lowest BCUT2D eigenvalue weighted by molar-refractivity contribution is -0.157. The molecule has 2 atom stereocenters. The van der Waals surface area contributed by atoms with Gasteiger partial charge in [-0.2, -0.15) is 13.2 Å². The summed E-state index contributed by atoms with van der Waals surface area (Å²) in [6.45, 7) is 0.421. The molecule has 104 valence electrons. The maximum atomic E-state index is 12.2. The first-order valence-corrected chi connectivity index (χ1v) is 5.58. The molecule has 1 rings (SSSR count). The van der Waals surface area contributed by atoms with Crippen LogP contribution in [-0.2, 0) is 9.59 Å². The van der Waals surface area contributed by atoms with Gasteiger partial charge in [0, 0.05) is 25.6 Å². The molecule has 0 aromatic heterocycles. The Morgan fingerprint density at radius 3 is 2.72 bits per heavy atom. The minimum atomic E-state index is -4.44. The average Bonchev–Trinajstić information content (AvgIpc) is 2.57. The Morgan fingerprint density at radius 1 is 1.61 bits per heavy atom. The Bertz CT molecular complexity index is 333. The largest absolute Gasteiger partial charge is 0.406 e. The number of rotatable bonds is 4. The van der Waals surface area contributed by atoms with Gasteiger partial charge in [-0.05, 0) is 6.92 Å². The number of hydrogen-bond donors (Lipinski definition) is 2. The Morgan fingerprint density at radius 2 is 2.22 bits per heavy atom. The van der Waals surface area contributed by atoms with Crippen molar-refractivity contribution in [2.75, 3.05) is 19.6 Å². The zero-order valence-corrected chi connectivity index (χ0v) is 9.96. The van der Waals surface area contributed by atoms with Gasteiger partial charge in [-0.25, -0.2) is 0 Å². The van der Waals surface area contributed by atoms with E-state index in [1.807, 2.05) is 0 Å². The van der Waals surface area contributed by atoms with Crippen molar-refractivity contribution >= 4 is 11.8 Å². The van der Waals surface area contributed by atoms with Crippen molar-refractivity contribution in [3.8, 4) is 0 Å². The smallest absolute Gasteiger partial charge is 0.352 e. The van der Waals surface area contributed by atoms with E-state index in [0.717, 1.165) is 0 Å². The number of hydrogen-bond acceptors (Lipinski definition) is 3. The van der Waals surface area contributed by atoms with Crippen molar-refractivity contribution in [1.82, 2.24) is 10.2 Å². The van der Waals surface area contributed by atoms with Crippen molar-refractivity contribution in [2.45, 2.75) is 25.6 Å². The van der Waals surface area contributed by atoms with Gasteiger partial charge in [-0.1, -0.05) is 0 Å². The molecule has 3 N–H and O–H groups in total. The highest BCUT2D eigenvalue weighted by Crippen LogP contribution is 2.23. The number of likely N-dealkylation sites (tertiary alicyclic amines) is 1. The van der Waals surface area contributed by atoms with Crippen LogP contribution >= 0.6 is 0 Å². The van der Waals surface area contributed by atoms with E-state index in [-0.39, 0.29) is 25.6 Å². The van der Waals surface area contributed by atoms with Gasteiger partial charge in [0.1, 0.15) is 6.54 Å². The lowest BCUT2D eigenvalue weighted by atomic mass is 10.1. The average molecular weight is 267 g/mol. The number of carbonyl (C=O) groups excluding carboxylic acids is 2. The lowest BCUT2D eigenvalue weighted by Crippen LogP contribution is -2.42. The Labute approximate surface area is 102 Å². The van der Waals surface area contributed by atoms with E-state index < -0.39 is 30.5 Å². The number of nitrogens with two attached hydrogens (primary N) is 1. The molecule has 0 aromatic carbocycles. The third-order valence-electron chi connectivity index (χ3n) is 2.70. The summed E-state index contributed by atoms with van der Waals surface area (Å²) in [5.41, 5.74) is 5.32. The highest BCUT2D eigenvalue weighted by Gasteiger charge is 2.40. The Kier molecular flexibility index (Phi) is 4.55. The summed E-state index contributed by atoms with van der Waals surface area (Å²) < 4.78 is 36.5. The molecule has 0 spiro atoms. The molecule has 1 saturated heterocycles. The highest BCUT2D eigenvalue weighted by molar-refractivity contribution is 5.89. The second-order valence-electron chi connectivity index (χ2n) is 4.44. The third kappa shape index (κ3) is 4.17. The molecule has 0 radical (unpaired) electrons. The Balaban J connectivity index is 2.53. The summed E-state index contributed by atoms with van der Waals surface area (Å²) in [7, 11) is 0. The SMILES string of the molecule is C[C@@H](CN)NC(=O)C1CC(=O)N(CC(F)(F)F)C1. The zero-order chi connectivity index (χ0) is 13.9. The number of alkyl halides is 3. The molecular weight excluding hydrogens is 251 g/mol. The van der Waals surface area contributed by atoms with Gasteiger partial charge < -0.3 is 16.0 Å². The number of halogens is 3. The van der Waals surface area contributed by atoms with Crippen LogP contribution in [0.5, 0.6) is 0 Å². The molecule has 5 nitrogen and oxygen atoms in total. The monoisotopic (exact) mass is 267 g/mol. The molecule has 0 bridgehead atoms. The van der Waals surface area contributed by atoms with Gasteiger partial charge in [0.15, 0.2) is 0 Å². The normalized spacial score (nSPS) is 22.2. The molecule has 1 aliphatic rings. The van der Waals surface area contributed by atoms with Gasteiger partial charge in [0.25, 0.3) is 0 Å². The summed E-state index contributed by atoms with van der Waals surface area (Å²) in [5.74, 6) is -1.80. The van der Waals surface area contributed by atoms with E-state index in [0.29, 0.717) is 4.90 Å². The van der Waals surface area contributed by atoms with Crippen LogP contribution in [0.15, 0.2) is 0 Å². The first kappa shape index (κ1) is 14.7. The van der Waals surface area contributed by atoms with Gasteiger partial charge in [-0.3, -0.25) is 9.59 Å². The van der Waals surface area contributed by atoms with Crippen molar-refractivity contribution in [3.05, 3.63) is 0 Å². The summed E-state index contributed by atoms with van der Waals surface area (Å²) in [5, 5.41) is 2.55.